The van der Waals surface area contributed by atoms with Gasteiger partial charge in [-0.05, 0) is 41.0 Å². The largest absolute Gasteiger partial charge is 0.497 e. The second kappa shape index (κ2) is 14.3. The number of ether oxygens (including phenoxy) is 4. The van der Waals surface area contributed by atoms with Crippen LogP contribution in [-0.2, 0) is 43.4 Å². The molecule has 4 rings (SSSR count). The molecule has 3 atom stereocenters. The number of hydrogen-bond acceptors (Lipinski definition) is 8. The quantitative estimate of drug-likeness (QED) is 0.303. The second-order valence-electron chi connectivity index (χ2n) is 9.61. The van der Waals surface area contributed by atoms with Crippen LogP contribution >= 0.6 is 0 Å². The molecule has 1 aliphatic heterocycles. The van der Waals surface area contributed by atoms with Crippen molar-refractivity contribution in [1.82, 2.24) is 10.2 Å². The molecular weight excluding hydrogens is 528 g/mol. The molecule has 0 bridgehead atoms. The van der Waals surface area contributed by atoms with Gasteiger partial charge in [-0.2, -0.15) is 0 Å². The molecule has 1 amide bonds. The van der Waals surface area contributed by atoms with Gasteiger partial charge in [0.15, 0.2) is 6.04 Å². The molecule has 2 N–H and O–H groups in total. The lowest BCUT2D eigenvalue weighted by molar-refractivity contribution is -0.173. The maximum Gasteiger partial charge on any atom is 0.331 e. The predicted molar refractivity (Wildman–Crippen MR) is 149 cm³/mol. The number of aliphatic carboxylic acids is 1. The van der Waals surface area contributed by atoms with Gasteiger partial charge in [0.25, 0.3) is 0 Å². The van der Waals surface area contributed by atoms with Gasteiger partial charge < -0.3 is 29.0 Å². The molecule has 0 aliphatic carbocycles. The Balaban J connectivity index is 1.53. The second-order valence-corrected chi connectivity index (χ2v) is 9.61. The fraction of sp³-hybridized carbons (Fsp3) is 0.323. The van der Waals surface area contributed by atoms with Crippen LogP contribution < -0.4 is 14.8 Å². The number of hydrogen-bond donors (Lipinski definition) is 2. The maximum absolute atomic E-state index is 13.6. The first kappa shape index (κ1) is 29.6. The predicted octanol–water partition coefficient (Wildman–Crippen LogP) is 2.83. The van der Waals surface area contributed by atoms with Gasteiger partial charge in [0, 0.05) is 19.5 Å². The number of carboxylic acid groups (broad SMARTS) is 1. The van der Waals surface area contributed by atoms with Crippen molar-refractivity contribution < 1.29 is 38.4 Å². The van der Waals surface area contributed by atoms with Gasteiger partial charge in [-0.3, -0.25) is 14.9 Å². The average molecular weight is 563 g/mol. The van der Waals surface area contributed by atoms with Crippen LogP contribution in [0.3, 0.4) is 0 Å². The van der Waals surface area contributed by atoms with E-state index >= 15 is 0 Å². The summed E-state index contributed by atoms with van der Waals surface area (Å²) in [7, 11) is 3.13. The molecule has 1 aliphatic rings. The number of carbonyl (C=O) groups is 3. The number of carboxylic acids is 1. The Morgan fingerprint density at radius 1 is 0.927 bits per heavy atom. The highest BCUT2D eigenvalue weighted by Crippen LogP contribution is 2.20. The Labute approximate surface area is 238 Å². The molecule has 3 aromatic carbocycles. The summed E-state index contributed by atoms with van der Waals surface area (Å²) in [5.74, 6) is -0.907. The zero-order valence-electron chi connectivity index (χ0n) is 23.0. The van der Waals surface area contributed by atoms with Gasteiger partial charge in [-0.25, -0.2) is 4.79 Å². The molecule has 10 heteroatoms. The van der Waals surface area contributed by atoms with Gasteiger partial charge in [0.05, 0.1) is 20.8 Å². The van der Waals surface area contributed by atoms with Crippen molar-refractivity contribution in [3.8, 4) is 11.5 Å². The fourth-order valence-corrected chi connectivity index (χ4v) is 4.58. The standard InChI is InChI=1S/C31H34N2O8/c1-38-24-12-8-22(9-13-24)17-32-29(30(35)36)27(16-21-6-4-3-5-7-21)41-31(37)26-19-40-20-28(34)33(26)18-23-10-14-25(39-2)15-11-23/h3-15,26-27,29,32H,16-20H2,1-2H3,(H,35,36). The molecule has 0 aromatic heterocycles. The Morgan fingerprint density at radius 3 is 2.12 bits per heavy atom. The lowest BCUT2D eigenvalue weighted by Gasteiger charge is -2.35. The number of amides is 1. The zero-order valence-corrected chi connectivity index (χ0v) is 23.0. The smallest absolute Gasteiger partial charge is 0.331 e. The lowest BCUT2D eigenvalue weighted by Crippen LogP contribution is -2.56. The Hall–Kier alpha value is -4.41. The molecule has 0 saturated carbocycles. The Morgan fingerprint density at radius 2 is 1.54 bits per heavy atom. The number of nitrogens with one attached hydrogen (secondary N) is 1. The summed E-state index contributed by atoms with van der Waals surface area (Å²) >= 11 is 0. The van der Waals surface area contributed by atoms with Crippen LogP contribution in [0.15, 0.2) is 78.9 Å². The van der Waals surface area contributed by atoms with Gasteiger partial charge >= 0.3 is 11.9 Å². The molecule has 216 valence electrons. The van der Waals surface area contributed by atoms with E-state index in [1.807, 2.05) is 54.6 Å². The third kappa shape index (κ3) is 8.06. The van der Waals surface area contributed by atoms with E-state index in [1.54, 1.807) is 38.5 Å². The van der Waals surface area contributed by atoms with E-state index < -0.39 is 30.1 Å². The molecular formula is C31H34N2O8. The van der Waals surface area contributed by atoms with Crippen LogP contribution in [0.5, 0.6) is 11.5 Å². The van der Waals surface area contributed by atoms with Crippen molar-refractivity contribution in [2.75, 3.05) is 27.4 Å². The first-order valence-corrected chi connectivity index (χ1v) is 13.2. The van der Waals surface area contributed by atoms with Crippen molar-refractivity contribution in [3.63, 3.8) is 0 Å². The molecule has 10 nitrogen and oxygen atoms in total. The minimum absolute atomic E-state index is 0.0597. The van der Waals surface area contributed by atoms with Gasteiger partial charge in [-0.15, -0.1) is 0 Å². The topological polar surface area (TPSA) is 124 Å². The van der Waals surface area contributed by atoms with E-state index in [0.29, 0.717) is 11.5 Å². The first-order chi connectivity index (χ1) is 19.9. The van der Waals surface area contributed by atoms with E-state index in [4.69, 9.17) is 18.9 Å². The minimum atomic E-state index is -1.23. The van der Waals surface area contributed by atoms with E-state index in [1.165, 1.54) is 4.90 Å². The molecule has 3 aromatic rings. The average Bonchev–Trinajstić information content (AvgIpc) is 2.99. The van der Waals surface area contributed by atoms with Crippen molar-refractivity contribution >= 4 is 17.8 Å². The van der Waals surface area contributed by atoms with E-state index in [9.17, 15) is 19.5 Å². The molecule has 1 saturated heterocycles. The number of carbonyl (C=O) groups excluding carboxylic acids is 2. The van der Waals surface area contributed by atoms with Crippen LogP contribution in [0.4, 0.5) is 0 Å². The molecule has 1 fully saturated rings. The Bertz CT molecular complexity index is 1300. The highest BCUT2D eigenvalue weighted by molar-refractivity contribution is 5.86. The SMILES string of the molecule is COc1ccc(CNC(C(=O)O)C(Cc2ccccc2)OC(=O)C2COCC(=O)N2Cc2ccc(OC)cc2)cc1. The number of rotatable bonds is 13. The maximum atomic E-state index is 13.6. The van der Waals surface area contributed by atoms with Crippen LogP contribution in [0.2, 0.25) is 0 Å². The highest BCUT2D eigenvalue weighted by atomic mass is 16.6. The fourth-order valence-electron chi connectivity index (χ4n) is 4.58. The third-order valence-corrected chi connectivity index (χ3v) is 6.85. The van der Waals surface area contributed by atoms with Gasteiger partial charge in [0.1, 0.15) is 30.3 Å². The van der Waals surface area contributed by atoms with Crippen molar-refractivity contribution in [3.05, 3.63) is 95.6 Å². The van der Waals surface area contributed by atoms with E-state index in [-0.39, 0.29) is 38.6 Å². The highest BCUT2D eigenvalue weighted by Gasteiger charge is 2.39. The molecule has 1 heterocycles. The number of esters is 1. The third-order valence-electron chi connectivity index (χ3n) is 6.85. The van der Waals surface area contributed by atoms with Crippen molar-refractivity contribution in [2.24, 2.45) is 0 Å². The van der Waals surface area contributed by atoms with Crippen LogP contribution in [0.1, 0.15) is 16.7 Å². The Kier molecular flexibility index (Phi) is 10.3. The van der Waals surface area contributed by atoms with Gasteiger partial charge in [0.2, 0.25) is 5.91 Å². The summed E-state index contributed by atoms with van der Waals surface area (Å²) in [6.07, 6.45) is -0.917. The number of methoxy groups -OCH3 is 2. The summed E-state index contributed by atoms with van der Waals surface area (Å²) in [5, 5.41) is 13.2. The molecule has 0 radical (unpaired) electrons. The number of nitrogens with zero attached hydrogens (tertiary/aromatic N) is 1. The van der Waals surface area contributed by atoms with E-state index in [0.717, 1.165) is 16.7 Å². The normalized spacial score (nSPS) is 16.5. The first-order valence-electron chi connectivity index (χ1n) is 13.2. The zero-order chi connectivity index (χ0) is 29.2. The summed E-state index contributed by atoms with van der Waals surface area (Å²) < 4.78 is 21.7. The summed E-state index contributed by atoms with van der Waals surface area (Å²) in [5.41, 5.74) is 2.43. The summed E-state index contributed by atoms with van der Waals surface area (Å²) in [4.78, 5) is 40.2. The van der Waals surface area contributed by atoms with Crippen LogP contribution in [-0.4, -0.2) is 73.5 Å². The number of benzene rings is 3. The van der Waals surface area contributed by atoms with Crippen molar-refractivity contribution in [2.45, 2.75) is 37.7 Å². The number of morpholine rings is 1. The molecule has 3 unspecified atom stereocenters. The van der Waals surface area contributed by atoms with Crippen LogP contribution in [0, 0.1) is 0 Å². The lowest BCUT2D eigenvalue weighted by atomic mass is 10.0. The van der Waals surface area contributed by atoms with Gasteiger partial charge in [-0.1, -0.05) is 54.6 Å². The summed E-state index contributed by atoms with van der Waals surface area (Å²) in [6.45, 7) is 0.163. The minimum Gasteiger partial charge on any atom is -0.497 e. The monoisotopic (exact) mass is 562 g/mol. The van der Waals surface area contributed by atoms with E-state index in [2.05, 4.69) is 5.32 Å². The van der Waals surface area contributed by atoms with Crippen molar-refractivity contribution in [1.29, 1.82) is 0 Å². The molecule has 0 spiro atoms. The van der Waals surface area contributed by atoms with Crippen LogP contribution in [0.25, 0.3) is 0 Å². The molecule has 41 heavy (non-hydrogen) atoms. The summed E-state index contributed by atoms with van der Waals surface area (Å²) in [6, 6.07) is 21.3.